The van der Waals surface area contributed by atoms with Crippen LogP contribution in [0.1, 0.15) is 18.9 Å². The number of aliphatic imine (C=N–C) groups is 1. The fraction of sp³-hybridized carbons (Fsp3) is 0.588. The summed E-state index contributed by atoms with van der Waals surface area (Å²) in [5.74, 6) is 2.32. The van der Waals surface area contributed by atoms with Crippen molar-refractivity contribution in [3.8, 4) is 11.5 Å². The van der Waals surface area contributed by atoms with E-state index in [1.54, 1.807) is 28.4 Å². The van der Waals surface area contributed by atoms with E-state index in [-0.39, 0.29) is 6.04 Å². The number of methoxy groups -OCH3 is 3. The maximum absolute atomic E-state index is 5.32. The molecule has 0 spiro atoms. The van der Waals surface area contributed by atoms with Crippen molar-refractivity contribution in [2.24, 2.45) is 4.99 Å². The zero-order chi connectivity index (χ0) is 17.1. The molecule has 0 bridgehead atoms. The van der Waals surface area contributed by atoms with Crippen LogP contribution in [0.25, 0.3) is 0 Å². The molecule has 0 radical (unpaired) electrons. The number of benzene rings is 1. The Hall–Kier alpha value is -1.95. The van der Waals surface area contributed by atoms with E-state index >= 15 is 0 Å². The SMILES string of the molecule is CN=C(NCCCc1ccc(OC)c(OC)c1)NC(C)COC. The normalized spacial score (nSPS) is 12.7. The summed E-state index contributed by atoms with van der Waals surface area (Å²) in [6.07, 6.45) is 1.95. The van der Waals surface area contributed by atoms with Crippen molar-refractivity contribution < 1.29 is 14.2 Å². The lowest BCUT2D eigenvalue weighted by molar-refractivity contribution is 0.179. The predicted octanol–water partition coefficient (Wildman–Crippen LogP) is 1.84. The molecule has 0 amide bonds. The Labute approximate surface area is 139 Å². The Kier molecular flexibility index (Phi) is 8.90. The highest BCUT2D eigenvalue weighted by Gasteiger charge is 2.06. The Bertz CT molecular complexity index is 492. The van der Waals surface area contributed by atoms with Crippen LogP contribution in [0.15, 0.2) is 23.2 Å². The van der Waals surface area contributed by atoms with Crippen molar-refractivity contribution in [1.29, 1.82) is 0 Å². The first-order valence-electron chi connectivity index (χ1n) is 7.81. The van der Waals surface area contributed by atoms with Gasteiger partial charge in [0, 0.05) is 26.7 Å². The van der Waals surface area contributed by atoms with E-state index in [1.807, 2.05) is 12.1 Å². The van der Waals surface area contributed by atoms with E-state index in [0.717, 1.165) is 36.8 Å². The molecule has 0 aliphatic heterocycles. The lowest BCUT2D eigenvalue weighted by Gasteiger charge is -2.17. The van der Waals surface area contributed by atoms with Crippen LogP contribution in [0.5, 0.6) is 11.5 Å². The minimum atomic E-state index is 0.219. The molecule has 1 unspecified atom stereocenters. The summed E-state index contributed by atoms with van der Waals surface area (Å²) in [5.41, 5.74) is 1.22. The third-order valence-electron chi connectivity index (χ3n) is 3.41. The number of aryl methyl sites for hydroxylation is 1. The first-order valence-corrected chi connectivity index (χ1v) is 7.81. The number of hydrogen-bond acceptors (Lipinski definition) is 4. The van der Waals surface area contributed by atoms with Gasteiger partial charge >= 0.3 is 0 Å². The van der Waals surface area contributed by atoms with Gasteiger partial charge in [0.05, 0.1) is 20.8 Å². The fourth-order valence-electron chi connectivity index (χ4n) is 2.26. The van der Waals surface area contributed by atoms with Crippen molar-refractivity contribution in [1.82, 2.24) is 10.6 Å². The number of nitrogens with one attached hydrogen (secondary N) is 2. The molecule has 0 saturated heterocycles. The number of guanidine groups is 1. The second-order valence-corrected chi connectivity index (χ2v) is 5.29. The van der Waals surface area contributed by atoms with Crippen molar-refractivity contribution in [3.05, 3.63) is 23.8 Å². The predicted molar refractivity (Wildman–Crippen MR) is 93.7 cm³/mol. The van der Waals surface area contributed by atoms with Crippen molar-refractivity contribution >= 4 is 5.96 Å². The van der Waals surface area contributed by atoms with Crippen molar-refractivity contribution in [3.63, 3.8) is 0 Å². The average Bonchev–Trinajstić information content (AvgIpc) is 2.57. The molecule has 6 nitrogen and oxygen atoms in total. The monoisotopic (exact) mass is 323 g/mol. The van der Waals surface area contributed by atoms with E-state index in [2.05, 4.69) is 28.6 Å². The molecular formula is C17H29N3O3. The highest BCUT2D eigenvalue weighted by atomic mass is 16.5. The van der Waals surface area contributed by atoms with Gasteiger partial charge in [-0.05, 0) is 37.5 Å². The second kappa shape index (κ2) is 10.7. The van der Waals surface area contributed by atoms with E-state index in [1.165, 1.54) is 5.56 Å². The van der Waals surface area contributed by atoms with Crippen molar-refractivity contribution in [2.45, 2.75) is 25.8 Å². The first-order chi connectivity index (χ1) is 11.1. The standard InChI is InChI=1S/C17H29N3O3/c1-13(12-21-3)20-17(18-2)19-10-6-7-14-8-9-15(22-4)16(11-14)23-5/h8-9,11,13H,6-7,10,12H2,1-5H3,(H2,18,19,20). The molecule has 0 saturated carbocycles. The Morgan fingerprint density at radius 3 is 2.52 bits per heavy atom. The molecule has 1 aromatic carbocycles. The molecular weight excluding hydrogens is 294 g/mol. The smallest absolute Gasteiger partial charge is 0.191 e. The van der Waals surface area contributed by atoms with E-state index in [4.69, 9.17) is 14.2 Å². The summed E-state index contributed by atoms with van der Waals surface area (Å²) in [5, 5.41) is 6.58. The molecule has 0 fully saturated rings. The summed E-state index contributed by atoms with van der Waals surface area (Å²) < 4.78 is 15.7. The quantitative estimate of drug-likeness (QED) is 0.412. The van der Waals surface area contributed by atoms with Gasteiger partial charge in [-0.1, -0.05) is 6.07 Å². The van der Waals surface area contributed by atoms with Crippen LogP contribution in [-0.2, 0) is 11.2 Å². The fourth-order valence-corrected chi connectivity index (χ4v) is 2.26. The van der Waals surface area contributed by atoms with Gasteiger partial charge in [0.2, 0.25) is 0 Å². The van der Waals surface area contributed by atoms with Crippen LogP contribution in [0.2, 0.25) is 0 Å². The van der Waals surface area contributed by atoms with Gasteiger partial charge in [-0.3, -0.25) is 4.99 Å². The number of rotatable bonds is 9. The average molecular weight is 323 g/mol. The first kappa shape index (κ1) is 19.1. The van der Waals surface area contributed by atoms with E-state index in [0.29, 0.717) is 6.61 Å². The minimum Gasteiger partial charge on any atom is -0.493 e. The lowest BCUT2D eigenvalue weighted by atomic mass is 10.1. The molecule has 23 heavy (non-hydrogen) atoms. The van der Waals surface area contributed by atoms with Crippen molar-refractivity contribution in [2.75, 3.05) is 41.5 Å². The van der Waals surface area contributed by atoms with Crippen LogP contribution in [0.4, 0.5) is 0 Å². The molecule has 0 heterocycles. The Morgan fingerprint density at radius 1 is 1.17 bits per heavy atom. The number of ether oxygens (including phenoxy) is 3. The summed E-state index contributed by atoms with van der Waals surface area (Å²) in [6, 6.07) is 6.24. The van der Waals surface area contributed by atoms with Crippen LogP contribution >= 0.6 is 0 Å². The topological polar surface area (TPSA) is 64.1 Å². The molecule has 1 rings (SSSR count). The number of hydrogen-bond donors (Lipinski definition) is 2. The Balaban J connectivity index is 2.39. The van der Waals surface area contributed by atoms with Crippen LogP contribution < -0.4 is 20.1 Å². The van der Waals surface area contributed by atoms with Crippen LogP contribution in [0, 0.1) is 0 Å². The molecule has 0 aromatic heterocycles. The number of nitrogens with zero attached hydrogens (tertiary/aromatic N) is 1. The molecule has 2 N–H and O–H groups in total. The van der Waals surface area contributed by atoms with Gasteiger partial charge < -0.3 is 24.8 Å². The lowest BCUT2D eigenvalue weighted by Crippen LogP contribution is -2.44. The van der Waals surface area contributed by atoms with Gasteiger partial charge in [0.15, 0.2) is 17.5 Å². The highest BCUT2D eigenvalue weighted by Crippen LogP contribution is 2.27. The zero-order valence-corrected chi connectivity index (χ0v) is 14.8. The maximum atomic E-state index is 5.32. The van der Waals surface area contributed by atoms with E-state index < -0.39 is 0 Å². The maximum Gasteiger partial charge on any atom is 0.191 e. The molecule has 1 atom stereocenters. The third-order valence-corrected chi connectivity index (χ3v) is 3.41. The van der Waals surface area contributed by atoms with Gasteiger partial charge in [0.1, 0.15) is 0 Å². The van der Waals surface area contributed by atoms with E-state index in [9.17, 15) is 0 Å². The molecule has 130 valence electrons. The zero-order valence-electron chi connectivity index (χ0n) is 14.8. The molecule has 6 heteroatoms. The largest absolute Gasteiger partial charge is 0.493 e. The molecule has 1 aromatic rings. The Morgan fingerprint density at radius 2 is 1.91 bits per heavy atom. The second-order valence-electron chi connectivity index (χ2n) is 5.29. The summed E-state index contributed by atoms with van der Waals surface area (Å²) in [7, 11) is 6.76. The van der Waals surface area contributed by atoms with Gasteiger partial charge in [-0.15, -0.1) is 0 Å². The summed E-state index contributed by atoms with van der Waals surface area (Å²) in [6.45, 7) is 3.54. The summed E-state index contributed by atoms with van der Waals surface area (Å²) in [4.78, 5) is 4.21. The third kappa shape index (κ3) is 6.78. The van der Waals surface area contributed by atoms with Gasteiger partial charge in [0.25, 0.3) is 0 Å². The minimum absolute atomic E-state index is 0.219. The van der Waals surface area contributed by atoms with Crippen LogP contribution in [0.3, 0.4) is 0 Å². The van der Waals surface area contributed by atoms with Gasteiger partial charge in [-0.2, -0.15) is 0 Å². The van der Waals surface area contributed by atoms with Crippen LogP contribution in [-0.4, -0.2) is 53.5 Å². The summed E-state index contributed by atoms with van der Waals surface area (Å²) >= 11 is 0. The molecule has 0 aliphatic carbocycles. The highest BCUT2D eigenvalue weighted by molar-refractivity contribution is 5.79. The van der Waals surface area contributed by atoms with Gasteiger partial charge in [-0.25, -0.2) is 0 Å². The molecule has 0 aliphatic rings.